The number of carbonyl (C=O) groups is 1. The lowest BCUT2D eigenvalue weighted by Crippen LogP contribution is -2.26. The number of carbonyl (C=O) groups excluding carboxylic acids is 1. The van der Waals surface area contributed by atoms with Gasteiger partial charge >= 0.3 is 0 Å². The molecule has 19 heavy (non-hydrogen) atoms. The number of rotatable bonds is 8. The van der Waals surface area contributed by atoms with Gasteiger partial charge in [-0.3, -0.25) is 4.79 Å². The van der Waals surface area contributed by atoms with Crippen LogP contribution >= 0.6 is 11.6 Å². The molecule has 1 N–H and O–H groups in total. The van der Waals surface area contributed by atoms with E-state index < -0.39 is 0 Å². The van der Waals surface area contributed by atoms with E-state index in [0.717, 1.165) is 25.0 Å². The molecule has 0 fully saturated rings. The molecule has 4 heteroatoms. The second kappa shape index (κ2) is 8.81. The Bertz CT molecular complexity index is 395. The molecule has 1 rings (SSSR count). The molecular formula is C15H22ClNO2. The molecule has 0 bridgehead atoms. The van der Waals surface area contributed by atoms with Crippen LogP contribution in [-0.4, -0.2) is 24.4 Å². The minimum Gasteiger partial charge on any atom is -0.494 e. The largest absolute Gasteiger partial charge is 0.494 e. The fraction of sp³-hybridized carbons (Fsp3) is 0.533. The summed E-state index contributed by atoms with van der Waals surface area (Å²) in [5, 5.41) is 2.99. The number of nitrogens with one attached hydrogen (secondary N) is 1. The maximum atomic E-state index is 11.9. The lowest BCUT2D eigenvalue weighted by atomic mass is 10.2. The van der Waals surface area contributed by atoms with Crippen LogP contribution in [0.5, 0.6) is 5.75 Å². The van der Waals surface area contributed by atoms with Crippen LogP contribution in [0.1, 0.15) is 43.5 Å². The molecule has 0 aliphatic rings. The Kier molecular flexibility index (Phi) is 7.34. The van der Waals surface area contributed by atoms with E-state index in [0.29, 0.717) is 18.7 Å². The van der Waals surface area contributed by atoms with E-state index in [2.05, 4.69) is 5.32 Å². The Balaban J connectivity index is 2.47. The number of hydrogen-bond acceptors (Lipinski definition) is 2. The summed E-state index contributed by atoms with van der Waals surface area (Å²) in [4.78, 5) is 11.9. The zero-order valence-electron chi connectivity index (χ0n) is 11.6. The van der Waals surface area contributed by atoms with Gasteiger partial charge in [0.05, 0.1) is 6.61 Å². The molecule has 0 spiro atoms. The summed E-state index contributed by atoms with van der Waals surface area (Å²) in [7, 11) is 0. The van der Waals surface area contributed by atoms with Crippen LogP contribution in [0.25, 0.3) is 0 Å². The number of halogens is 1. The molecule has 1 aromatic rings. The minimum absolute atomic E-state index is 0.0816. The van der Waals surface area contributed by atoms with Crippen LogP contribution in [-0.2, 0) is 0 Å². The SMILES string of the molecule is CCCOc1cccc(C(=O)NCCC(Cl)CC)c1. The lowest BCUT2D eigenvalue weighted by molar-refractivity contribution is 0.0952. The first kappa shape index (κ1) is 15.8. The Morgan fingerprint density at radius 2 is 2.21 bits per heavy atom. The first-order chi connectivity index (χ1) is 9.17. The van der Waals surface area contributed by atoms with Crippen LogP contribution in [0.3, 0.4) is 0 Å². The zero-order chi connectivity index (χ0) is 14.1. The summed E-state index contributed by atoms with van der Waals surface area (Å²) < 4.78 is 5.50. The smallest absolute Gasteiger partial charge is 0.251 e. The van der Waals surface area contributed by atoms with Crippen LogP contribution in [0.2, 0.25) is 0 Å². The van der Waals surface area contributed by atoms with Crippen LogP contribution in [0, 0.1) is 0 Å². The molecular weight excluding hydrogens is 262 g/mol. The quantitative estimate of drug-likeness (QED) is 0.740. The summed E-state index contributed by atoms with van der Waals surface area (Å²) in [6.45, 7) is 5.34. The predicted molar refractivity (Wildman–Crippen MR) is 79.1 cm³/mol. The molecule has 1 unspecified atom stereocenters. The average molecular weight is 284 g/mol. The molecule has 106 valence electrons. The van der Waals surface area contributed by atoms with E-state index in [1.807, 2.05) is 26.0 Å². The van der Waals surface area contributed by atoms with Crippen molar-refractivity contribution in [3.63, 3.8) is 0 Å². The molecule has 0 aliphatic carbocycles. The second-order valence-corrected chi connectivity index (χ2v) is 5.04. The van der Waals surface area contributed by atoms with Crippen LogP contribution in [0.4, 0.5) is 0 Å². The summed E-state index contributed by atoms with van der Waals surface area (Å²) in [6, 6.07) is 7.24. The third-order valence-electron chi connectivity index (χ3n) is 2.76. The lowest BCUT2D eigenvalue weighted by Gasteiger charge is -2.09. The highest BCUT2D eigenvalue weighted by Crippen LogP contribution is 2.13. The molecule has 0 radical (unpaired) electrons. The normalized spacial score (nSPS) is 11.9. The Labute approximate surface area is 120 Å². The first-order valence-corrected chi connectivity index (χ1v) is 7.26. The van der Waals surface area contributed by atoms with Gasteiger partial charge in [-0.2, -0.15) is 0 Å². The number of ether oxygens (including phenoxy) is 1. The second-order valence-electron chi connectivity index (χ2n) is 4.43. The highest BCUT2D eigenvalue weighted by molar-refractivity contribution is 6.20. The van der Waals surface area contributed by atoms with Gasteiger partial charge in [0.25, 0.3) is 5.91 Å². The summed E-state index contributed by atoms with van der Waals surface area (Å²) >= 11 is 6.01. The Hall–Kier alpha value is -1.22. The van der Waals surface area contributed by atoms with Crippen molar-refractivity contribution in [2.45, 2.75) is 38.5 Å². The standard InChI is InChI=1S/C15H22ClNO2/c1-3-10-19-14-7-5-6-12(11-14)15(18)17-9-8-13(16)4-2/h5-7,11,13H,3-4,8-10H2,1-2H3,(H,17,18). The third kappa shape index (κ3) is 5.97. The van der Waals surface area contributed by atoms with Crippen LogP contribution in [0.15, 0.2) is 24.3 Å². The predicted octanol–water partition coefficient (Wildman–Crippen LogP) is 3.61. The minimum atomic E-state index is -0.0816. The number of benzene rings is 1. The molecule has 1 amide bonds. The van der Waals surface area contributed by atoms with Gasteiger partial charge in [0.2, 0.25) is 0 Å². The average Bonchev–Trinajstić information content (AvgIpc) is 2.45. The van der Waals surface area contributed by atoms with Crippen molar-refractivity contribution >= 4 is 17.5 Å². The molecule has 0 aliphatic heterocycles. The maximum Gasteiger partial charge on any atom is 0.251 e. The topological polar surface area (TPSA) is 38.3 Å². The molecule has 3 nitrogen and oxygen atoms in total. The van der Waals surface area contributed by atoms with Gasteiger partial charge in [-0.1, -0.05) is 19.9 Å². The molecule has 1 atom stereocenters. The zero-order valence-corrected chi connectivity index (χ0v) is 12.4. The molecule has 1 aromatic carbocycles. The highest BCUT2D eigenvalue weighted by atomic mass is 35.5. The van der Waals surface area contributed by atoms with E-state index in [-0.39, 0.29) is 11.3 Å². The Morgan fingerprint density at radius 3 is 2.89 bits per heavy atom. The Morgan fingerprint density at radius 1 is 1.42 bits per heavy atom. The monoisotopic (exact) mass is 283 g/mol. The van der Waals surface area contributed by atoms with Crippen LogP contribution < -0.4 is 10.1 Å². The van der Waals surface area contributed by atoms with Crippen molar-refractivity contribution in [2.24, 2.45) is 0 Å². The highest BCUT2D eigenvalue weighted by Gasteiger charge is 2.07. The van der Waals surface area contributed by atoms with Gasteiger partial charge in [-0.25, -0.2) is 0 Å². The van der Waals surface area contributed by atoms with E-state index in [1.54, 1.807) is 12.1 Å². The molecule has 0 heterocycles. The van der Waals surface area contributed by atoms with Gasteiger partial charge in [-0.15, -0.1) is 11.6 Å². The molecule has 0 saturated carbocycles. The summed E-state index contributed by atoms with van der Waals surface area (Å²) in [5.74, 6) is 0.653. The van der Waals surface area contributed by atoms with Crippen molar-refractivity contribution in [1.82, 2.24) is 5.32 Å². The number of alkyl halides is 1. The van der Waals surface area contributed by atoms with Crippen molar-refractivity contribution in [1.29, 1.82) is 0 Å². The number of hydrogen-bond donors (Lipinski definition) is 1. The van der Waals surface area contributed by atoms with E-state index in [9.17, 15) is 4.79 Å². The fourth-order valence-corrected chi connectivity index (χ4v) is 1.70. The summed E-state index contributed by atoms with van der Waals surface area (Å²) in [6.07, 6.45) is 2.65. The third-order valence-corrected chi connectivity index (χ3v) is 3.28. The van der Waals surface area contributed by atoms with E-state index >= 15 is 0 Å². The van der Waals surface area contributed by atoms with Gasteiger partial charge in [-0.05, 0) is 37.5 Å². The van der Waals surface area contributed by atoms with E-state index in [4.69, 9.17) is 16.3 Å². The van der Waals surface area contributed by atoms with Gasteiger partial charge in [0.15, 0.2) is 0 Å². The summed E-state index contributed by atoms with van der Waals surface area (Å²) in [5.41, 5.74) is 0.622. The first-order valence-electron chi connectivity index (χ1n) is 6.82. The maximum absolute atomic E-state index is 11.9. The molecule has 0 aromatic heterocycles. The fourth-order valence-electron chi connectivity index (χ4n) is 1.60. The van der Waals surface area contributed by atoms with Crippen molar-refractivity contribution in [3.8, 4) is 5.75 Å². The van der Waals surface area contributed by atoms with Gasteiger partial charge in [0, 0.05) is 17.5 Å². The molecule has 0 saturated heterocycles. The van der Waals surface area contributed by atoms with Gasteiger partial charge < -0.3 is 10.1 Å². The number of amides is 1. The van der Waals surface area contributed by atoms with Crippen molar-refractivity contribution in [3.05, 3.63) is 29.8 Å². The van der Waals surface area contributed by atoms with E-state index in [1.165, 1.54) is 0 Å². The van der Waals surface area contributed by atoms with Crippen molar-refractivity contribution < 1.29 is 9.53 Å². The van der Waals surface area contributed by atoms with Crippen molar-refractivity contribution in [2.75, 3.05) is 13.2 Å². The van der Waals surface area contributed by atoms with Gasteiger partial charge in [0.1, 0.15) is 5.75 Å².